The molecule has 6 nitrogen and oxygen atoms in total. The zero-order chi connectivity index (χ0) is 15.7. The summed E-state index contributed by atoms with van der Waals surface area (Å²) in [6, 6.07) is 3.15. The fourth-order valence-corrected chi connectivity index (χ4v) is 1.94. The van der Waals surface area contributed by atoms with Crippen LogP contribution in [0, 0.1) is 0 Å². The zero-order valence-corrected chi connectivity index (χ0v) is 12.9. The summed E-state index contributed by atoms with van der Waals surface area (Å²) in [7, 11) is 3.03. The van der Waals surface area contributed by atoms with Crippen LogP contribution in [-0.2, 0) is 0 Å². The number of ether oxygens (including phenoxy) is 3. The molecule has 1 rings (SSSR count). The van der Waals surface area contributed by atoms with E-state index in [-0.39, 0.29) is 0 Å². The molecule has 0 aliphatic rings. The van der Waals surface area contributed by atoms with Gasteiger partial charge >= 0.3 is 0 Å². The van der Waals surface area contributed by atoms with E-state index in [1.807, 2.05) is 0 Å². The SMILES string of the molecule is CCCCCCOc1c(OC)cc(C(=O)NN)cc1OC. The van der Waals surface area contributed by atoms with E-state index in [1.165, 1.54) is 27.1 Å². The van der Waals surface area contributed by atoms with Crippen molar-refractivity contribution in [2.24, 2.45) is 5.84 Å². The molecule has 0 spiro atoms. The number of hydrazine groups is 1. The van der Waals surface area contributed by atoms with Crippen molar-refractivity contribution >= 4 is 5.91 Å². The lowest BCUT2D eigenvalue weighted by Gasteiger charge is -2.15. The second kappa shape index (κ2) is 9.07. The molecule has 118 valence electrons. The second-order valence-electron chi connectivity index (χ2n) is 4.59. The minimum atomic E-state index is -0.416. The smallest absolute Gasteiger partial charge is 0.265 e. The van der Waals surface area contributed by atoms with Gasteiger partial charge in [0.2, 0.25) is 5.75 Å². The maximum atomic E-state index is 11.6. The van der Waals surface area contributed by atoms with Crippen molar-refractivity contribution in [3.8, 4) is 17.2 Å². The molecule has 0 unspecified atom stereocenters. The Morgan fingerprint density at radius 3 is 2.24 bits per heavy atom. The Morgan fingerprint density at radius 2 is 1.76 bits per heavy atom. The third-order valence-electron chi connectivity index (χ3n) is 3.10. The summed E-state index contributed by atoms with van der Waals surface area (Å²) >= 11 is 0. The highest BCUT2D eigenvalue weighted by molar-refractivity contribution is 5.95. The van der Waals surface area contributed by atoms with Crippen molar-refractivity contribution in [2.75, 3.05) is 20.8 Å². The van der Waals surface area contributed by atoms with Crippen LogP contribution < -0.4 is 25.5 Å². The summed E-state index contributed by atoms with van der Waals surface area (Å²) in [5, 5.41) is 0. The number of benzene rings is 1. The summed E-state index contributed by atoms with van der Waals surface area (Å²) in [5.41, 5.74) is 2.43. The number of hydrogen-bond acceptors (Lipinski definition) is 5. The number of nitrogens with two attached hydrogens (primary N) is 1. The van der Waals surface area contributed by atoms with E-state index < -0.39 is 5.91 Å². The van der Waals surface area contributed by atoms with Crippen LogP contribution in [0.2, 0.25) is 0 Å². The third-order valence-corrected chi connectivity index (χ3v) is 3.10. The maximum absolute atomic E-state index is 11.6. The number of nitrogens with one attached hydrogen (secondary N) is 1. The molecule has 0 heterocycles. The van der Waals surface area contributed by atoms with E-state index >= 15 is 0 Å². The van der Waals surface area contributed by atoms with Crippen molar-refractivity contribution in [3.63, 3.8) is 0 Å². The minimum absolute atomic E-state index is 0.351. The molecule has 0 bridgehead atoms. The summed E-state index contributed by atoms with van der Waals surface area (Å²) in [5.74, 6) is 6.12. The lowest BCUT2D eigenvalue weighted by molar-refractivity contribution is 0.0953. The van der Waals surface area contributed by atoms with E-state index in [2.05, 4.69) is 12.3 Å². The number of unbranched alkanes of at least 4 members (excludes halogenated alkanes) is 3. The van der Waals surface area contributed by atoms with Crippen molar-refractivity contribution in [1.29, 1.82) is 0 Å². The molecule has 6 heteroatoms. The molecule has 3 N–H and O–H groups in total. The molecule has 21 heavy (non-hydrogen) atoms. The highest BCUT2D eigenvalue weighted by atomic mass is 16.5. The number of carbonyl (C=O) groups excluding carboxylic acids is 1. The normalized spacial score (nSPS) is 10.1. The lowest BCUT2D eigenvalue weighted by Crippen LogP contribution is -2.30. The molecule has 0 aromatic heterocycles. The van der Waals surface area contributed by atoms with Gasteiger partial charge in [-0.3, -0.25) is 10.2 Å². The Balaban J connectivity index is 2.88. The Hall–Kier alpha value is -1.95. The van der Waals surface area contributed by atoms with Crippen LogP contribution >= 0.6 is 0 Å². The second-order valence-corrected chi connectivity index (χ2v) is 4.59. The van der Waals surface area contributed by atoms with Crippen LogP contribution in [0.4, 0.5) is 0 Å². The maximum Gasteiger partial charge on any atom is 0.265 e. The van der Waals surface area contributed by atoms with Crippen LogP contribution in [-0.4, -0.2) is 26.7 Å². The van der Waals surface area contributed by atoms with Gasteiger partial charge in [0.25, 0.3) is 5.91 Å². The van der Waals surface area contributed by atoms with Crippen molar-refractivity contribution < 1.29 is 19.0 Å². The molecule has 0 fully saturated rings. The Kier molecular flexibility index (Phi) is 7.39. The van der Waals surface area contributed by atoms with E-state index in [9.17, 15) is 4.79 Å². The van der Waals surface area contributed by atoms with Crippen LogP contribution in [0.5, 0.6) is 17.2 Å². The molecule has 1 aromatic carbocycles. The fraction of sp³-hybridized carbons (Fsp3) is 0.533. The van der Waals surface area contributed by atoms with Gasteiger partial charge in [0.05, 0.1) is 20.8 Å². The molecule has 0 aliphatic heterocycles. The van der Waals surface area contributed by atoms with Crippen LogP contribution in [0.1, 0.15) is 43.0 Å². The quantitative estimate of drug-likeness (QED) is 0.316. The van der Waals surface area contributed by atoms with Crippen LogP contribution in [0.25, 0.3) is 0 Å². The standard InChI is InChI=1S/C15H24N2O4/c1-4-5-6-7-8-21-14-12(19-2)9-11(15(18)17-16)10-13(14)20-3/h9-10H,4-8,16H2,1-3H3,(H,17,18). The predicted molar refractivity (Wildman–Crippen MR) is 80.8 cm³/mol. The molecule has 0 atom stereocenters. The summed E-state index contributed by atoms with van der Waals surface area (Å²) in [6.45, 7) is 2.74. The average molecular weight is 296 g/mol. The fourth-order valence-electron chi connectivity index (χ4n) is 1.94. The Labute approximate surface area is 125 Å². The predicted octanol–water partition coefficient (Wildman–Crippen LogP) is 2.27. The van der Waals surface area contributed by atoms with Gasteiger partial charge in [0.1, 0.15) is 0 Å². The lowest BCUT2D eigenvalue weighted by atomic mass is 10.1. The van der Waals surface area contributed by atoms with Crippen molar-refractivity contribution in [2.45, 2.75) is 32.6 Å². The van der Waals surface area contributed by atoms with Gasteiger partial charge < -0.3 is 14.2 Å². The van der Waals surface area contributed by atoms with Gasteiger partial charge in [-0.1, -0.05) is 26.2 Å². The summed E-state index contributed by atoms with van der Waals surface area (Å²) < 4.78 is 16.3. The van der Waals surface area contributed by atoms with Gasteiger partial charge in [-0.15, -0.1) is 0 Å². The Bertz CT molecular complexity index is 438. The third kappa shape index (κ3) is 4.82. The first-order valence-electron chi connectivity index (χ1n) is 7.07. The molecule has 0 radical (unpaired) electrons. The van der Waals surface area contributed by atoms with E-state index in [0.717, 1.165) is 12.8 Å². The number of amides is 1. The first-order valence-corrected chi connectivity index (χ1v) is 7.07. The number of carbonyl (C=O) groups is 1. The Morgan fingerprint density at radius 1 is 1.14 bits per heavy atom. The number of rotatable bonds is 9. The van der Waals surface area contributed by atoms with Crippen LogP contribution in [0.15, 0.2) is 12.1 Å². The van der Waals surface area contributed by atoms with Crippen LogP contribution in [0.3, 0.4) is 0 Å². The molecular weight excluding hydrogens is 272 g/mol. The topological polar surface area (TPSA) is 82.8 Å². The first-order chi connectivity index (χ1) is 10.2. The van der Waals surface area contributed by atoms with E-state index in [1.54, 1.807) is 12.1 Å². The number of methoxy groups -OCH3 is 2. The molecule has 1 amide bonds. The van der Waals surface area contributed by atoms with Crippen molar-refractivity contribution in [1.82, 2.24) is 5.43 Å². The first kappa shape index (κ1) is 17.1. The van der Waals surface area contributed by atoms with E-state index in [4.69, 9.17) is 20.1 Å². The van der Waals surface area contributed by atoms with Gasteiger partial charge in [0.15, 0.2) is 11.5 Å². The van der Waals surface area contributed by atoms with Gasteiger partial charge in [-0.05, 0) is 18.6 Å². The molecular formula is C15H24N2O4. The van der Waals surface area contributed by atoms with Gasteiger partial charge in [-0.2, -0.15) is 0 Å². The largest absolute Gasteiger partial charge is 0.493 e. The van der Waals surface area contributed by atoms with Crippen molar-refractivity contribution in [3.05, 3.63) is 17.7 Å². The number of nitrogen functional groups attached to an aromatic ring is 1. The zero-order valence-electron chi connectivity index (χ0n) is 12.9. The van der Waals surface area contributed by atoms with Gasteiger partial charge in [0, 0.05) is 5.56 Å². The number of hydrogen-bond donors (Lipinski definition) is 2. The highest BCUT2D eigenvalue weighted by Crippen LogP contribution is 2.38. The van der Waals surface area contributed by atoms with Gasteiger partial charge in [-0.25, -0.2) is 5.84 Å². The molecule has 1 aromatic rings. The molecule has 0 aliphatic carbocycles. The molecule has 0 saturated heterocycles. The average Bonchev–Trinajstić information content (AvgIpc) is 2.53. The highest BCUT2D eigenvalue weighted by Gasteiger charge is 2.17. The minimum Gasteiger partial charge on any atom is -0.493 e. The van der Waals surface area contributed by atoms with E-state index in [0.29, 0.717) is 29.4 Å². The molecule has 0 saturated carbocycles. The summed E-state index contributed by atoms with van der Waals surface area (Å²) in [6.07, 6.45) is 4.45. The monoisotopic (exact) mass is 296 g/mol. The summed E-state index contributed by atoms with van der Waals surface area (Å²) in [4.78, 5) is 11.6.